The van der Waals surface area contributed by atoms with Crippen LogP contribution in [0.5, 0.6) is 0 Å². The quantitative estimate of drug-likeness (QED) is 0.676. The number of carboxylic acid groups (broad SMARTS) is 1. The predicted molar refractivity (Wildman–Crippen MR) is 67.4 cm³/mol. The molecule has 3 N–H and O–H groups in total. The van der Waals surface area contributed by atoms with E-state index in [1.165, 1.54) is 4.90 Å². The highest BCUT2D eigenvalue weighted by molar-refractivity contribution is 5.74. The smallest absolute Gasteiger partial charge is 0.332 e. The zero-order valence-electron chi connectivity index (χ0n) is 10.6. The number of hydrogen-bond donors (Lipinski definition) is 3. The largest absolute Gasteiger partial charge is 0.479 e. The predicted octanol–water partition coefficient (Wildman–Crippen LogP) is 0.0586. The average molecular weight is 267 g/mol. The van der Waals surface area contributed by atoms with Crippen LogP contribution in [-0.2, 0) is 11.3 Å². The number of carbonyl (C=O) groups is 2. The number of urea groups is 1. The Morgan fingerprint density at radius 1 is 1.47 bits per heavy atom. The molecule has 7 heteroatoms. The molecule has 1 aromatic rings. The number of pyridine rings is 1. The summed E-state index contributed by atoms with van der Waals surface area (Å²) in [6, 6.07) is 5.08. The third-order valence-electron chi connectivity index (χ3n) is 2.45. The Bertz CT molecular complexity index is 424. The Labute approximate surface area is 110 Å². The van der Waals surface area contributed by atoms with Gasteiger partial charge in [-0.1, -0.05) is 6.07 Å². The molecule has 0 bridgehead atoms. The molecule has 7 nitrogen and oxygen atoms in total. The summed E-state index contributed by atoms with van der Waals surface area (Å²) >= 11 is 0. The van der Waals surface area contributed by atoms with Crippen molar-refractivity contribution >= 4 is 12.0 Å². The summed E-state index contributed by atoms with van der Waals surface area (Å²) in [5.74, 6) is -1.30. The van der Waals surface area contributed by atoms with Crippen LogP contribution < -0.4 is 5.32 Å². The number of amides is 2. The maximum absolute atomic E-state index is 11.7. The lowest BCUT2D eigenvalue weighted by molar-refractivity contribution is -0.146. The van der Waals surface area contributed by atoms with Gasteiger partial charge in [-0.05, 0) is 12.1 Å². The summed E-state index contributed by atoms with van der Waals surface area (Å²) in [6.45, 7) is 0.451. The molecule has 0 aliphatic rings. The van der Waals surface area contributed by atoms with E-state index in [0.29, 0.717) is 6.54 Å². The van der Waals surface area contributed by atoms with Crippen molar-refractivity contribution in [3.63, 3.8) is 0 Å². The fraction of sp³-hybridized carbons (Fsp3) is 0.417. The summed E-state index contributed by atoms with van der Waals surface area (Å²) in [7, 11) is 1.61. The number of nitrogens with one attached hydrogen (secondary N) is 1. The summed E-state index contributed by atoms with van der Waals surface area (Å²) in [6.07, 6.45) is 0.157. The Balaban J connectivity index is 2.31. The molecule has 0 saturated carbocycles. The molecule has 1 heterocycles. The highest BCUT2D eigenvalue weighted by atomic mass is 16.4. The Kier molecular flexibility index (Phi) is 5.74. The molecule has 0 fully saturated rings. The van der Waals surface area contributed by atoms with Crippen LogP contribution in [0.2, 0.25) is 0 Å². The second kappa shape index (κ2) is 7.32. The van der Waals surface area contributed by atoms with E-state index < -0.39 is 12.1 Å². The van der Waals surface area contributed by atoms with Crippen LogP contribution in [-0.4, -0.2) is 51.8 Å². The monoisotopic (exact) mass is 267 g/mol. The van der Waals surface area contributed by atoms with Crippen molar-refractivity contribution in [3.8, 4) is 0 Å². The molecule has 0 aliphatic carbocycles. The van der Waals surface area contributed by atoms with Gasteiger partial charge in [0.2, 0.25) is 0 Å². The van der Waals surface area contributed by atoms with Crippen molar-refractivity contribution in [2.45, 2.75) is 19.1 Å². The Morgan fingerprint density at radius 2 is 2.21 bits per heavy atom. The Morgan fingerprint density at radius 3 is 2.79 bits per heavy atom. The molecule has 0 aromatic carbocycles. The number of hydrogen-bond acceptors (Lipinski definition) is 4. The van der Waals surface area contributed by atoms with Crippen LogP contribution in [0.25, 0.3) is 0 Å². The number of aliphatic hydroxyl groups is 1. The summed E-state index contributed by atoms with van der Waals surface area (Å²) < 4.78 is 0. The minimum Gasteiger partial charge on any atom is -0.479 e. The van der Waals surface area contributed by atoms with E-state index >= 15 is 0 Å². The molecule has 0 unspecified atom stereocenters. The third-order valence-corrected chi connectivity index (χ3v) is 2.45. The molecule has 0 aliphatic heterocycles. The van der Waals surface area contributed by atoms with Gasteiger partial charge in [-0.15, -0.1) is 0 Å². The molecule has 1 atom stereocenters. The van der Waals surface area contributed by atoms with Gasteiger partial charge < -0.3 is 20.4 Å². The zero-order chi connectivity index (χ0) is 14.3. The second-order valence-electron chi connectivity index (χ2n) is 4.05. The van der Waals surface area contributed by atoms with Gasteiger partial charge in [0.25, 0.3) is 0 Å². The normalized spacial score (nSPS) is 11.7. The molecule has 0 radical (unpaired) electrons. The van der Waals surface area contributed by atoms with Gasteiger partial charge in [-0.2, -0.15) is 0 Å². The van der Waals surface area contributed by atoms with Crippen LogP contribution in [0.15, 0.2) is 24.4 Å². The lowest BCUT2D eigenvalue weighted by Gasteiger charge is -2.17. The molecule has 0 spiro atoms. The maximum Gasteiger partial charge on any atom is 0.332 e. The van der Waals surface area contributed by atoms with Gasteiger partial charge in [0.15, 0.2) is 6.10 Å². The molecule has 2 amide bonds. The van der Waals surface area contributed by atoms with E-state index in [1.54, 1.807) is 25.4 Å². The van der Waals surface area contributed by atoms with E-state index in [-0.39, 0.29) is 19.0 Å². The van der Waals surface area contributed by atoms with Crippen LogP contribution in [0.1, 0.15) is 12.1 Å². The first kappa shape index (κ1) is 14.9. The zero-order valence-corrected chi connectivity index (χ0v) is 10.6. The topological polar surface area (TPSA) is 103 Å². The van der Waals surface area contributed by atoms with E-state index in [9.17, 15) is 9.59 Å². The van der Waals surface area contributed by atoms with E-state index in [4.69, 9.17) is 10.2 Å². The van der Waals surface area contributed by atoms with Gasteiger partial charge in [-0.3, -0.25) is 4.98 Å². The van der Waals surface area contributed by atoms with Crippen LogP contribution in [0, 0.1) is 0 Å². The fourth-order valence-electron chi connectivity index (χ4n) is 1.38. The number of rotatable bonds is 6. The fourth-order valence-corrected chi connectivity index (χ4v) is 1.38. The lowest BCUT2D eigenvalue weighted by Crippen LogP contribution is -2.38. The van der Waals surface area contributed by atoms with E-state index in [2.05, 4.69) is 10.3 Å². The number of aliphatic hydroxyl groups excluding tert-OH is 1. The van der Waals surface area contributed by atoms with Crippen molar-refractivity contribution < 1.29 is 19.8 Å². The highest BCUT2D eigenvalue weighted by Gasteiger charge is 2.14. The number of carbonyl (C=O) groups excluding carboxylic acids is 1. The van der Waals surface area contributed by atoms with E-state index in [0.717, 1.165) is 5.69 Å². The van der Waals surface area contributed by atoms with Crippen LogP contribution in [0.4, 0.5) is 4.79 Å². The van der Waals surface area contributed by atoms with Gasteiger partial charge in [-0.25, -0.2) is 9.59 Å². The number of nitrogens with zero attached hydrogens (tertiary/aromatic N) is 2. The SMILES string of the molecule is CN(Cc1ccccn1)C(=O)NCC[C@H](O)C(=O)O. The minimum atomic E-state index is -1.46. The van der Waals surface area contributed by atoms with Gasteiger partial charge in [0, 0.05) is 26.2 Å². The summed E-state index contributed by atoms with van der Waals surface area (Å²) in [5, 5.41) is 20.0. The molecular weight excluding hydrogens is 250 g/mol. The number of carboxylic acids is 1. The summed E-state index contributed by atoms with van der Waals surface area (Å²) in [5.41, 5.74) is 0.755. The maximum atomic E-state index is 11.7. The molecule has 19 heavy (non-hydrogen) atoms. The highest BCUT2D eigenvalue weighted by Crippen LogP contribution is 1.99. The minimum absolute atomic E-state index is 0.0293. The van der Waals surface area contributed by atoms with Crippen molar-refractivity contribution in [1.29, 1.82) is 0 Å². The molecule has 104 valence electrons. The van der Waals surface area contributed by atoms with Crippen molar-refractivity contribution in [3.05, 3.63) is 30.1 Å². The standard InChI is InChI=1S/C12H17N3O4/c1-15(8-9-4-2-3-6-13-9)12(19)14-7-5-10(16)11(17)18/h2-4,6,10,16H,5,7-8H2,1H3,(H,14,19)(H,17,18)/t10-/m0/s1. The van der Waals surface area contributed by atoms with Gasteiger partial charge in [0.05, 0.1) is 12.2 Å². The van der Waals surface area contributed by atoms with Crippen molar-refractivity contribution in [2.24, 2.45) is 0 Å². The third kappa shape index (κ3) is 5.35. The van der Waals surface area contributed by atoms with Crippen molar-refractivity contribution in [1.82, 2.24) is 15.2 Å². The second-order valence-corrected chi connectivity index (χ2v) is 4.05. The number of aromatic nitrogens is 1. The lowest BCUT2D eigenvalue weighted by atomic mass is 10.2. The first-order valence-corrected chi connectivity index (χ1v) is 5.80. The first-order chi connectivity index (χ1) is 9.00. The summed E-state index contributed by atoms with van der Waals surface area (Å²) in [4.78, 5) is 27.5. The number of aliphatic carboxylic acids is 1. The first-order valence-electron chi connectivity index (χ1n) is 5.80. The van der Waals surface area contributed by atoms with Gasteiger partial charge in [0.1, 0.15) is 0 Å². The van der Waals surface area contributed by atoms with Crippen molar-refractivity contribution in [2.75, 3.05) is 13.6 Å². The van der Waals surface area contributed by atoms with E-state index in [1.807, 2.05) is 6.07 Å². The van der Waals surface area contributed by atoms with Crippen LogP contribution >= 0.6 is 0 Å². The average Bonchev–Trinajstić information content (AvgIpc) is 2.39. The molecule has 1 rings (SSSR count). The van der Waals surface area contributed by atoms with Crippen LogP contribution in [0.3, 0.4) is 0 Å². The van der Waals surface area contributed by atoms with Gasteiger partial charge >= 0.3 is 12.0 Å². The molecule has 1 aromatic heterocycles. The molecular formula is C12H17N3O4. The Hall–Kier alpha value is -2.15. The molecule has 0 saturated heterocycles.